The van der Waals surface area contributed by atoms with Crippen LogP contribution < -0.4 is 9.62 Å². The van der Waals surface area contributed by atoms with Gasteiger partial charge in [-0.2, -0.15) is 0 Å². The van der Waals surface area contributed by atoms with Crippen LogP contribution in [0.4, 0.5) is 11.4 Å². The van der Waals surface area contributed by atoms with Gasteiger partial charge in [-0.15, -0.1) is 0 Å². The summed E-state index contributed by atoms with van der Waals surface area (Å²) in [6, 6.07) is 10.7. The summed E-state index contributed by atoms with van der Waals surface area (Å²) in [6.07, 6.45) is 1.76. The molecule has 2 aromatic rings. The van der Waals surface area contributed by atoms with Gasteiger partial charge in [-0.3, -0.25) is 9.52 Å². The van der Waals surface area contributed by atoms with E-state index in [1.54, 1.807) is 29.2 Å². The van der Waals surface area contributed by atoms with Crippen molar-refractivity contribution in [3.05, 3.63) is 53.1 Å². The second-order valence-corrected chi connectivity index (χ2v) is 7.99. The Hall–Kier alpha value is -2.34. The Kier molecular flexibility index (Phi) is 3.38. The molecule has 6 heteroatoms. The zero-order valence-electron chi connectivity index (χ0n) is 13.4. The molecule has 0 spiro atoms. The van der Waals surface area contributed by atoms with Gasteiger partial charge in [0.15, 0.2) is 0 Å². The molecule has 0 atom stereocenters. The molecule has 0 bridgehead atoms. The third-order valence-electron chi connectivity index (χ3n) is 4.72. The lowest BCUT2D eigenvalue weighted by Gasteiger charge is -2.25. The van der Waals surface area contributed by atoms with E-state index in [2.05, 4.69) is 4.72 Å². The smallest absolute Gasteiger partial charge is 0.261 e. The molecule has 2 heterocycles. The maximum atomic E-state index is 12.8. The van der Waals surface area contributed by atoms with Gasteiger partial charge in [0.25, 0.3) is 10.0 Å². The normalized spacial score (nSPS) is 16.2. The van der Waals surface area contributed by atoms with Crippen molar-refractivity contribution in [2.24, 2.45) is 0 Å². The van der Waals surface area contributed by atoms with E-state index in [9.17, 15) is 13.2 Å². The highest BCUT2D eigenvalue weighted by molar-refractivity contribution is 7.92. The van der Waals surface area contributed by atoms with Crippen LogP contribution in [0.1, 0.15) is 23.1 Å². The molecule has 0 saturated heterocycles. The fourth-order valence-corrected chi connectivity index (χ4v) is 4.70. The molecule has 1 N–H and O–H groups in total. The lowest BCUT2D eigenvalue weighted by Crippen LogP contribution is -2.33. The molecular weight excluding hydrogens is 324 g/mol. The van der Waals surface area contributed by atoms with E-state index in [0.717, 1.165) is 22.4 Å². The minimum absolute atomic E-state index is 0.134. The molecular formula is C18H18N2O3S. The minimum atomic E-state index is -3.65. The molecule has 0 fully saturated rings. The Bertz CT molecular complexity index is 951. The predicted octanol–water partition coefficient (Wildman–Crippen LogP) is 2.63. The molecule has 0 aliphatic carbocycles. The SMILES string of the molecule is Cc1ccccc1NS(=O)(=O)c1cc2c3c(c1)CCN3C(=O)CC2. The summed E-state index contributed by atoms with van der Waals surface area (Å²) in [5.41, 5.74) is 4.30. The van der Waals surface area contributed by atoms with Crippen molar-refractivity contribution in [2.45, 2.75) is 31.1 Å². The Morgan fingerprint density at radius 2 is 1.75 bits per heavy atom. The van der Waals surface area contributed by atoms with Crippen molar-refractivity contribution in [1.29, 1.82) is 0 Å². The highest BCUT2D eigenvalue weighted by Gasteiger charge is 2.32. The van der Waals surface area contributed by atoms with Crippen LogP contribution in [0.2, 0.25) is 0 Å². The van der Waals surface area contributed by atoms with E-state index in [4.69, 9.17) is 0 Å². The second kappa shape index (κ2) is 5.34. The molecule has 5 nitrogen and oxygen atoms in total. The van der Waals surface area contributed by atoms with Crippen LogP contribution in [0.15, 0.2) is 41.3 Å². The maximum Gasteiger partial charge on any atom is 0.261 e. The number of para-hydroxylation sites is 1. The summed E-state index contributed by atoms with van der Waals surface area (Å²) in [4.78, 5) is 14.0. The summed E-state index contributed by atoms with van der Waals surface area (Å²) in [6.45, 7) is 2.52. The van der Waals surface area contributed by atoms with Crippen LogP contribution in [0.5, 0.6) is 0 Å². The number of amides is 1. The van der Waals surface area contributed by atoms with E-state index in [1.807, 2.05) is 19.1 Å². The lowest BCUT2D eigenvalue weighted by molar-refractivity contribution is -0.118. The van der Waals surface area contributed by atoms with Crippen LogP contribution in [-0.2, 0) is 27.7 Å². The molecule has 2 aliphatic heterocycles. The van der Waals surface area contributed by atoms with Crippen LogP contribution in [0.3, 0.4) is 0 Å². The molecule has 0 aromatic heterocycles. The first-order valence-electron chi connectivity index (χ1n) is 8.00. The molecule has 2 aliphatic rings. The first-order valence-corrected chi connectivity index (χ1v) is 9.49. The largest absolute Gasteiger partial charge is 0.312 e. The molecule has 2 aromatic carbocycles. The Balaban J connectivity index is 1.75. The molecule has 24 heavy (non-hydrogen) atoms. The topological polar surface area (TPSA) is 66.5 Å². The van der Waals surface area contributed by atoms with Crippen molar-refractivity contribution >= 4 is 27.3 Å². The number of benzene rings is 2. The summed E-state index contributed by atoms with van der Waals surface area (Å²) in [5, 5.41) is 0. The van der Waals surface area contributed by atoms with Crippen LogP contribution in [0.25, 0.3) is 0 Å². The molecule has 124 valence electrons. The lowest BCUT2D eigenvalue weighted by atomic mass is 10.00. The zero-order valence-corrected chi connectivity index (χ0v) is 14.2. The number of anilines is 2. The number of aryl methyl sites for hydroxylation is 2. The maximum absolute atomic E-state index is 12.8. The molecule has 0 unspecified atom stereocenters. The average molecular weight is 342 g/mol. The van der Waals surface area contributed by atoms with Gasteiger partial charge in [-0.25, -0.2) is 8.42 Å². The van der Waals surface area contributed by atoms with Gasteiger partial charge in [-0.1, -0.05) is 18.2 Å². The van der Waals surface area contributed by atoms with E-state index in [1.165, 1.54) is 0 Å². The number of hydrogen-bond donors (Lipinski definition) is 1. The van der Waals surface area contributed by atoms with Gasteiger partial charge in [0.05, 0.1) is 16.3 Å². The zero-order chi connectivity index (χ0) is 16.9. The van der Waals surface area contributed by atoms with Crippen molar-refractivity contribution < 1.29 is 13.2 Å². The van der Waals surface area contributed by atoms with E-state index >= 15 is 0 Å². The van der Waals surface area contributed by atoms with Gasteiger partial charge in [0.1, 0.15) is 0 Å². The Morgan fingerprint density at radius 3 is 2.50 bits per heavy atom. The van der Waals surface area contributed by atoms with Crippen molar-refractivity contribution in [1.82, 2.24) is 0 Å². The quantitative estimate of drug-likeness (QED) is 0.932. The number of sulfonamides is 1. The first kappa shape index (κ1) is 15.2. The monoisotopic (exact) mass is 342 g/mol. The number of carbonyl (C=O) groups excluding carboxylic acids is 1. The standard InChI is InChI=1S/C18H18N2O3S/c1-12-4-2-3-5-16(12)19-24(22,23)15-10-13-6-7-17(21)20-9-8-14(11-15)18(13)20/h2-5,10-11,19H,6-9H2,1H3. The van der Waals surface area contributed by atoms with E-state index in [-0.39, 0.29) is 10.8 Å². The summed E-state index contributed by atoms with van der Waals surface area (Å²) >= 11 is 0. The molecule has 0 radical (unpaired) electrons. The highest BCUT2D eigenvalue weighted by Crippen LogP contribution is 2.38. The number of nitrogens with zero attached hydrogens (tertiary/aromatic N) is 1. The van der Waals surface area contributed by atoms with Crippen LogP contribution in [-0.4, -0.2) is 20.9 Å². The third kappa shape index (κ3) is 2.38. The molecule has 4 rings (SSSR count). The van der Waals surface area contributed by atoms with Gasteiger partial charge in [0.2, 0.25) is 5.91 Å². The Labute approximate surface area is 141 Å². The van der Waals surface area contributed by atoms with Gasteiger partial charge in [0, 0.05) is 13.0 Å². The summed E-state index contributed by atoms with van der Waals surface area (Å²) in [7, 11) is -3.65. The number of carbonyl (C=O) groups is 1. The fraction of sp³-hybridized carbons (Fsp3) is 0.278. The van der Waals surface area contributed by atoms with Crippen molar-refractivity contribution in [3.63, 3.8) is 0 Å². The van der Waals surface area contributed by atoms with Gasteiger partial charge in [-0.05, 0) is 54.7 Å². The van der Waals surface area contributed by atoms with Crippen molar-refractivity contribution in [2.75, 3.05) is 16.2 Å². The number of hydrogen-bond acceptors (Lipinski definition) is 3. The van der Waals surface area contributed by atoms with Gasteiger partial charge >= 0.3 is 0 Å². The van der Waals surface area contributed by atoms with Crippen LogP contribution in [0, 0.1) is 6.92 Å². The number of nitrogens with one attached hydrogen (secondary N) is 1. The fourth-order valence-electron chi connectivity index (χ4n) is 3.47. The second-order valence-electron chi connectivity index (χ2n) is 6.31. The van der Waals surface area contributed by atoms with Crippen LogP contribution >= 0.6 is 0 Å². The first-order chi connectivity index (χ1) is 11.5. The average Bonchev–Trinajstić information content (AvgIpc) is 2.98. The molecule has 0 saturated carbocycles. The van der Waals surface area contributed by atoms with Gasteiger partial charge < -0.3 is 4.90 Å². The van der Waals surface area contributed by atoms with E-state index in [0.29, 0.717) is 31.5 Å². The highest BCUT2D eigenvalue weighted by atomic mass is 32.2. The third-order valence-corrected chi connectivity index (χ3v) is 6.07. The predicted molar refractivity (Wildman–Crippen MR) is 92.8 cm³/mol. The molecule has 1 amide bonds. The Morgan fingerprint density at radius 1 is 1.04 bits per heavy atom. The summed E-state index contributed by atoms with van der Waals surface area (Å²) in [5.74, 6) is 0.134. The number of rotatable bonds is 3. The van der Waals surface area contributed by atoms with E-state index < -0.39 is 10.0 Å². The summed E-state index contributed by atoms with van der Waals surface area (Å²) < 4.78 is 28.3. The minimum Gasteiger partial charge on any atom is -0.312 e. The van der Waals surface area contributed by atoms with Crippen molar-refractivity contribution in [3.8, 4) is 0 Å².